The Morgan fingerprint density at radius 2 is 1.09 bits per heavy atom. The van der Waals surface area contributed by atoms with Gasteiger partial charge < -0.3 is 14.2 Å². The molecule has 0 bridgehead atoms. The maximum Gasteiger partial charge on any atom is 0.252 e. The summed E-state index contributed by atoms with van der Waals surface area (Å²) in [5, 5.41) is 7.93. The minimum absolute atomic E-state index is 0.0219. The van der Waals surface area contributed by atoms with Crippen molar-refractivity contribution >= 4 is 108 Å². The first kappa shape index (κ1) is 32.7. The molecule has 9 aromatic rings. The second-order valence-electron chi connectivity index (χ2n) is 16.9. The summed E-state index contributed by atoms with van der Waals surface area (Å²) in [7, 11) is -2.84. The van der Waals surface area contributed by atoms with E-state index in [0.29, 0.717) is 0 Å². The molecule has 0 unspecified atom stereocenters. The van der Waals surface area contributed by atoms with Gasteiger partial charge in [0.2, 0.25) is 0 Å². The zero-order chi connectivity index (χ0) is 38.0. The van der Waals surface area contributed by atoms with Crippen molar-refractivity contribution in [2.45, 2.75) is 26.2 Å². The van der Waals surface area contributed by atoms with Crippen LogP contribution in [-0.2, 0) is 5.41 Å². The van der Waals surface area contributed by atoms with E-state index in [-0.39, 0.29) is 12.1 Å². The van der Waals surface area contributed by atoms with E-state index in [2.05, 4.69) is 213 Å². The number of fused-ring (bicyclic) bond motifs is 9. The minimum atomic E-state index is -2.84. The van der Waals surface area contributed by atoms with Crippen LogP contribution in [0.4, 0.5) is 34.1 Å². The van der Waals surface area contributed by atoms with Crippen LogP contribution in [0.15, 0.2) is 186 Å². The smallest absolute Gasteiger partial charge is 0.252 e. The summed E-state index contributed by atoms with van der Waals surface area (Å²) in [6, 6.07) is 68.4. The highest BCUT2D eigenvalue weighted by Gasteiger charge is 2.53. The van der Waals surface area contributed by atoms with Gasteiger partial charge in [-0.1, -0.05) is 154 Å². The molecule has 0 fully saturated rings. The van der Waals surface area contributed by atoms with Crippen LogP contribution in [0.25, 0.3) is 21.9 Å². The first-order valence-corrected chi connectivity index (χ1v) is 22.1. The maximum atomic E-state index is 6.69. The van der Waals surface area contributed by atoms with Gasteiger partial charge in [0.05, 0.1) is 0 Å². The first-order chi connectivity index (χ1) is 27.9. The molecule has 0 aliphatic carbocycles. The van der Waals surface area contributed by atoms with Crippen LogP contribution in [0.1, 0.15) is 26.3 Å². The monoisotopic (exact) mass is 746 g/mol. The van der Waals surface area contributed by atoms with E-state index in [0.717, 1.165) is 27.6 Å². The lowest BCUT2D eigenvalue weighted by Gasteiger charge is -2.51. The lowest BCUT2D eigenvalue weighted by atomic mass is 9.33. The summed E-state index contributed by atoms with van der Waals surface area (Å²) in [5.41, 5.74) is 14.4. The molecule has 3 nitrogen and oxygen atoms in total. The molecule has 0 atom stereocenters. The van der Waals surface area contributed by atoms with Crippen molar-refractivity contribution in [3.05, 3.63) is 188 Å². The Bertz CT molecular complexity index is 3040. The van der Waals surface area contributed by atoms with Crippen molar-refractivity contribution < 1.29 is 4.42 Å². The summed E-state index contributed by atoms with van der Waals surface area (Å²) in [5.74, 6) is 0. The summed E-state index contributed by atoms with van der Waals surface area (Å²) < 4.78 is 6.69. The minimum Gasteiger partial charge on any atom is -0.456 e. The molecule has 270 valence electrons. The molecule has 3 aliphatic heterocycles. The van der Waals surface area contributed by atoms with Gasteiger partial charge in [-0.2, -0.15) is 0 Å². The molecule has 1 aromatic heterocycles. The topological polar surface area (TPSA) is 19.6 Å². The Balaban J connectivity index is 1.26. The summed E-state index contributed by atoms with van der Waals surface area (Å²) in [6.07, 6.45) is 0. The molecule has 0 spiro atoms. The Kier molecular flexibility index (Phi) is 6.72. The number of furan rings is 1. The number of hydrogen-bond acceptors (Lipinski definition) is 3. The maximum absolute atomic E-state index is 6.69. The highest BCUT2D eigenvalue weighted by molar-refractivity contribution is 7.22. The highest BCUT2D eigenvalue weighted by Crippen LogP contribution is 2.48. The predicted molar refractivity (Wildman–Crippen MR) is 244 cm³/mol. The normalized spacial score (nSPS) is 14.6. The van der Waals surface area contributed by atoms with E-state index < -0.39 is 8.07 Å². The average Bonchev–Trinajstić information content (AvgIpc) is 3.62. The van der Waals surface area contributed by atoms with Crippen molar-refractivity contribution in [1.29, 1.82) is 0 Å². The van der Waals surface area contributed by atoms with Gasteiger partial charge in [-0.25, -0.2) is 0 Å². The Labute approximate surface area is 334 Å². The number of para-hydroxylation sites is 4. The van der Waals surface area contributed by atoms with Crippen LogP contribution in [0.5, 0.6) is 0 Å². The van der Waals surface area contributed by atoms with Crippen LogP contribution in [0.2, 0.25) is 0 Å². The molecular formula is C52H39BN2OSi. The molecule has 8 aromatic carbocycles. The van der Waals surface area contributed by atoms with Gasteiger partial charge in [-0.3, -0.25) is 0 Å². The van der Waals surface area contributed by atoms with Crippen LogP contribution in [0, 0.1) is 0 Å². The Hall–Kier alpha value is -6.56. The summed E-state index contributed by atoms with van der Waals surface area (Å²) >= 11 is 0. The van der Waals surface area contributed by atoms with Gasteiger partial charge >= 0.3 is 0 Å². The fraction of sp³-hybridized carbons (Fsp3) is 0.0769. The van der Waals surface area contributed by atoms with E-state index in [1.807, 2.05) is 0 Å². The largest absolute Gasteiger partial charge is 0.456 e. The third kappa shape index (κ3) is 4.38. The van der Waals surface area contributed by atoms with E-state index in [9.17, 15) is 0 Å². The van der Waals surface area contributed by atoms with Crippen molar-refractivity contribution in [2.24, 2.45) is 0 Å². The molecule has 0 radical (unpaired) electrons. The van der Waals surface area contributed by atoms with Gasteiger partial charge in [0, 0.05) is 44.9 Å². The molecule has 0 saturated heterocycles. The highest BCUT2D eigenvalue weighted by atomic mass is 28.3. The Morgan fingerprint density at radius 3 is 1.81 bits per heavy atom. The molecule has 3 aliphatic rings. The second-order valence-corrected chi connectivity index (χ2v) is 20.6. The van der Waals surface area contributed by atoms with E-state index in [1.54, 1.807) is 0 Å². The summed E-state index contributed by atoms with van der Waals surface area (Å²) in [6.45, 7) is 7.02. The van der Waals surface area contributed by atoms with Gasteiger partial charge in [0.15, 0.2) is 8.07 Å². The summed E-state index contributed by atoms with van der Waals surface area (Å²) in [4.78, 5) is 5.17. The molecule has 12 rings (SSSR count). The SMILES string of the molecule is CC(C)(C)c1cc2c3c(c1)N1c4ccccc4[Si](c4ccccc4)(c4ccccc4)c4cccc(c41)B3c1cc3oc4ccccc4c3cc1N2c1ccccc1. The quantitative estimate of drug-likeness (QED) is 0.169. The lowest BCUT2D eigenvalue weighted by molar-refractivity contribution is 0.590. The van der Waals surface area contributed by atoms with Gasteiger partial charge in [0.25, 0.3) is 6.71 Å². The van der Waals surface area contributed by atoms with Crippen LogP contribution in [-0.4, -0.2) is 14.8 Å². The van der Waals surface area contributed by atoms with Crippen molar-refractivity contribution in [2.75, 3.05) is 9.80 Å². The van der Waals surface area contributed by atoms with Crippen LogP contribution in [0.3, 0.4) is 0 Å². The number of nitrogens with zero attached hydrogens (tertiary/aromatic N) is 2. The fourth-order valence-electron chi connectivity index (χ4n) is 10.4. The molecule has 0 saturated carbocycles. The Morgan fingerprint density at radius 1 is 0.474 bits per heavy atom. The second kappa shape index (κ2) is 11.7. The van der Waals surface area contributed by atoms with Gasteiger partial charge in [-0.15, -0.1) is 0 Å². The number of anilines is 6. The van der Waals surface area contributed by atoms with E-state index >= 15 is 0 Å². The number of rotatable bonds is 3. The van der Waals surface area contributed by atoms with Gasteiger partial charge in [0.1, 0.15) is 11.2 Å². The molecule has 4 heterocycles. The predicted octanol–water partition coefficient (Wildman–Crippen LogP) is 8.66. The fourth-order valence-corrected chi connectivity index (χ4v) is 15.5. The standard InChI is InChI=1S/C52H39BN2OSi/c1-52(2,3)34-30-44-50-45(31-34)55-42-26-14-16-28-48(42)57(36-20-9-5-10-21-36,37-22-11-6-12-23-37)49-29-17-25-40(51(49)55)53(50)41-33-47-39(38-24-13-15-27-46(38)56-47)32-43(41)54(44)35-18-7-4-8-19-35/h4-33H,1-3H3. The molecule has 5 heteroatoms. The van der Waals surface area contributed by atoms with E-state index in [4.69, 9.17) is 4.42 Å². The lowest BCUT2D eigenvalue weighted by Crippen LogP contribution is -2.79. The third-order valence-corrected chi connectivity index (χ3v) is 17.7. The first-order valence-electron chi connectivity index (χ1n) is 20.1. The zero-order valence-corrected chi connectivity index (χ0v) is 33.2. The van der Waals surface area contributed by atoms with Crippen LogP contribution >= 0.6 is 0 Å². The number of benzene rings is 8. The van der Waals surface area contributed by atoms with Gasteiger partial charge in [-0.05, 0) is 96.6 Å². The molecule has 57 heavy (non-hydrogen) atoms. The zero-order valence-electron chi connectivity index (χ0n) is 32.2. The molecular weight excluding hydrogens is 707 g/mol. The van der Waals surface area contributed by atoms with E-state index in [1.165, 1.54) is 71.1 Å². The molecule has 0 N–H and O–H groups in total. The van der Waals surface area contributed by atoms with Crippen LogP contribution < -0.4 is 46.9 Å². The molecule has 0 amide bonds. The number of hydrogen-bond donors (Lipinski definition) is 0. The van der Waals surface area contributed by atoms with Crippen molar-refractivity contribution in [1.82, 2.24) is 0 Å². The average molecular weight is 747 g/mol. The third-order valence-electron chi connectivity index (χ3n) is 12.8. The van der Waals surface area contributed by atoms with Crippen molar-refractivity contribution in [3.8, 4) is 0 Å². The van der Waals surface area contributed by atoms with Crippen molar-refractivity contribution in [3.63, 3.8) is 0 Å².